The van der Waals surface area contributed by atoms with E-state index in [1.54, 1.807) is 37.3 Å². The van der Waals surface area contributed by atoms with E-state index in [0.29, 0.717) is 38.3 Å². The topological polar surface area (TPSA) is 87.4 Å². The number of aryl methyl sites for hydroxylation is 2. The summed E-state index contributed by atoms with van der Waals surface area (Å²) in [4.78, 5) is 17.0. The van der Waals surface area contributed by atoms with E-state index in [2.05, 4.69) is 38.5 Å². The average molecular weight is 510 g/mol. The lowest BCUT2D eigenvalue weighted by Crippen LogP contribution is -2.34. The van der Waals surface area contributed by atoms with Crippen LogP contribution in [0.25, 0.3) is 22.6 Å². The van der Waals surface area contributed by atoms with Gasteiger partial charge in [0, 0.05) is 10.2 Å². The molecule has 32 heavy (non-hydrogen) atoms. The summed E-state index contributed by atoms with van der Waals surface area (Å²) in [6.45, 7) is 3.84. The average Bonchev–Trinajstić information content (AvgIpc) is 3.19. The van der Waals surface area contributed by atoms with Crippen molar-refractivity contribution in [3.63, 3.8) is 0 Å². The number of halogens is 1. The number of anilines is 1. The van der Waals surface area contributed by atoms with Gasteiger partial charge in [-0.2, -0.15) is 0 Å². The molecular formula is C24H20BrN3O3S. The summed E-state index contributed by atoms with van der Waals surface area (Å²) in [6.07, 6.45) is 0.893. The highest BCUT2D eigenvalue weighted by Gasteiger charge is 2.17. The minimum atomic E-state index is -0.337. The molecule has 0 bridgehead atoms. The Morgan fingerprint density at radius 1 is 1.19 bits per heavy atom. The SMILES string of the molecule is CCc1ccc2oc(-c3cc(NC(=S)NC(=O)c4ccccc4Br)cc(C)c3O)nc2c1. The van der Waals surface area contributed by atoms with Gasteiger partial charge in [0.2, 0.25) is 5.89 Å². The smallest absolute Gasteiger partial charge is 0.258 e. The van der Waals surface area contributed by atoms with Crippen molar-refractivity contribution in [3.05, 3.63) is 75.8 Å². The molecule has 4 rings (SSSR count). The molecule has 162 valence electrons. The molecule has 0 fully saturated rings. The van der Waals surface area contributed by atoms with Crippen molar-refractivity contribution >= 4 is 56.0 Å². The molecule has 3 N–H and O–H groups in total. The fourth-order valence-electron chi connectivity index (χ4n) is 3.30. The van der Waals surface area contributed by atoms with Gasteiger partial charge in [0.05, 0.1) is 11.1 Å². The fraction of sp³-hybridized carbons (Fsp3) is 0.125. The molecule has 0 saturated carbocycles. The second-order valence-corrected chi connectivity index (χ2v) is 8.51. The molecule has 1 heterocycles. The molecule has 0 aliphatic heterocycles. The first-order valence-corrected chi connectivity index (χ1v) is 11.2. The van der Waals surface area contributed by atoms with Crippen molar-refractivity contribution in [1.29, 1.82) is 0 Å². The van der Waals surface area contributed by atoms with Gasteiger partial charge in [-0.3, -0.25) is 10.1 Å². The molecule has 0 saturated heterocycles. The van der Waals surface area contributed by atoms with Crippen LogP contribution < -0.4 is 10.6 Å². The van der Waals surface area contributed by atoms with Crippen LogP contribution in [0.5, 0.6) is 5.75 Å². The number of rotatable bonds is 4. The number of benzene rings is 3. The Hall–Kier alpha value is -3.23. The number of nitrogens with one attached hydrogen (secondary N) is 2. The van der Waals surface area contributed by atoms with Crippen LogP contribution in [0.15, 0.2) is 63.5 Å². The molecule has 0 aliphatic carbocycles. The third kappa shape index (κ3) is 4.51. The van der Waals surface area contributed by atoms with Crippen LogP contribution in [0.3, 0.4) is 0 Å². The van der Waals surface area contributed by atoms with Crippen molar-refractivity contribution in [2.75, 3.05) is 5.32 Å². The van der Waals surface area contributed by atoms with Crippen molar-refractivity contribution in [2.24, 2.45) is 0 Å². The van der Waals surface area contributed by atoms with Gasteiger partial charge < -0.3 is 14.8 Å². The maximum atomic E-state index is 12.5. The van der Waals surface area contributed by atoms with Crippen LogP contribution in [0.1, 0.15) is 28.4 Å². The number of phenols is 1. The third-order valence-electron chi connectivity index (χ3n) is 4.99. The van der Waals surface area contributed by atoms with Gasteiger partial charge in [0.1, 0.15) is 11.3 Å². The van der Waals surface area contributed by atoms with Crippen molar-refractivity contribution < 1.29 is 14.3 Å². The number of fused-ring (bicyclic) bond motifs is 1. The molecular weight excluding hydrogens is 490 g/mol. The van der Waals surface area contributed by atoms with Gasteiger partial charge in [-0.15, -0.1) is 0 Å². The Kier molecular flexibility index (Phi) is 6.25. The van der Waals surface area contributed by atoms with E-state index >= 15 is 0 Å². The summed E-state index contributed by atoms with van der Waals surface area (Å²) in [6, 6.07) is 16.3. The summed E-state index contributed by atoms with van der Waals surface area (Å²) < 4.78 is 6.55. The molecule has 0 unspecified atom stereocenters. The normalized spacial score (nSPS) is 10.8. The van der Waals surface area contributed by atoms with E-state index in [9.17, 15) is 9.90 Å². The number of carbonyl (C=O) groups is 1. The third-order valence-corrected chi connectivity index (χ3v) is 5.89. The molecule has 0 radical (unpaired) electrons. The zero-order chi connectivity index (χ0) is 22.8. The minimum Gasteiger partial charge on any atom is -0.507 e. The number of thiocarbonyl (C=S) groups is 1. The highest BCUT2D eigenvalue weighted by molar-refractivity contribution is 9.10. The molecule has 1 amide bonds. The Morgan fingerprint density at radius 3 is 2.72 bits per heavy atom. The Morgan fingerprint density at radius 2 is 1.97 bits per heavy atom. The largest absolute Gasteiger partial charge is 0.507 e. The molecule has 1 aromatic heterocycles. The fourth-order valence-corrected chi connectivity index (χ4v) is 3.98. The summed E-state index contributed by atoms with van der Waals surface area (Å²) in [7, 11) is 0. The van der Waals surface area contributed by atoms with Crippen molar-refractivity contribution in [1.82, 2.24) is 10.3 Å². The predicted molar refractivity (Wildman–Crippen MR) is 133 cm³/mol. The molecule has 8 heteroatoms. The molecule has 0 spiro atoms. The lowest BCUT2D eigenvalue weighted by Gasteiger charge is -2.13. The molecule has 4 aromatic rings. The molecule has 3 aromatic carbocycles. The molecule has 0 atom stereocenters. The monoisotopic (exact) mass is 509 g/mol. The van der Waals surface area contributed by atoms with Crippen LogP contribution >= 0.6 is 28.1 Å². The second-order valence-electron chi connectivity index (χ2n) is 7.25. The van der Waals surface area contributed by atoms with Crippen molar-refractivity contribution in [3.8, 4) is 17.2 Å². The first kappa shape index (κ1) is 22.0. The number of hydrogen-bond acceptors (Lipinski definition) is 5. The quantitative estimate of drug-likeness (QED) is 0.232. The van der Waals surface area contributed by atoms with Gasteiger partial charge in [-0.25, -0.2) is 4.98 Å². The highest BCUT2D eigenvalue weighted by Crippen LogP contribution is 2.36. The van der Waals surface area contributed by atoms with Gasteiger partial charge in [-0.05, 0) is 89.0 Å². The van der Waals surface area contributed by atoms with Gasteiger partial charge in [0.25, 0.3) is 5.91 Å². The zero-order valence-electron chi connectivity index (χ0n) is 17.4. The summed E-state index contributed by atoms with van der Waals surface area (Å²) in [5, 5.41) is 16.4. The Bertz CT molecular complexity index is 1350. The van der Waals surface area contributed by atoms with E-state index in [4.69, 9.17) is 16.6 Å². The summed E-state index contributed by atoms with van der Waals surface area (Å²) in [5.41, 5.74) is 4.62. The Balaban J connectivity index is 1.59. The number of phenolic OH excluding ortho intramolecular Hbond substituents is 1. The maximum absolute atomic E-state index is 12.5. The first-order chi connectivity index (χ1) is 15.4. The summed E-state index contributed by atoms with van der Waals surface area (Å²) >= 11 is 8.67. The number of carbonyl (C=O) groups excluding carboxylic acids is 1. The van der Waals surface area contributed by atoms with Gasteiger partial charge in [0.15, 0.2) is 10.7 Å². The van der Waals surface area contributed by atoms with Crippen LogP contribution in [0.2, 0.25) is 0 Å². The van der Waals surface area contributed by atoms with E-state index in [1.807, 2.05) is 24.3 Å². The minimum absolute atomic E-state index is 0.0704. The van der Waals surface area contributed by atoms with E-state index < -0.39 is 0 Å². The first-order valence-electron chi connectivity index (χ1n) is 9.96. The number of oxazole rings is 1. The van der Waals surface area contributed by atoms with E-state index in [1.165, 1.54) is 0 Å². The lowest BCUT2D eigenvalue weighted by molar-refractivity contribution is 0.0977. The summed E-state index contributed by atoms with van der Waals surface area (Å²) in [5.74, 6) is 0.0399. The second kappa shape index (κ2) is 9.10. The maximum Gasteiger partial charge on any atom is 0.258 e. The number of hydrogen-bond donors (Lipinski definition) is 3. The van der Waals surface area contributed by atoms with Gasteiger partial charge >= 0.3 is 0 Å². The standard InChI is InChI=1S/C24H20BrN3O3S/c1-3-14-8-9-20-19(11-14)27-23(31-20)17-12-15(10-13(2)21(17)29)26-24(32)28-22(30)16-6-4-5-7-18(16)25/h4-12,29H,3H2,1-2H3,(H2,26,28,30,32). The predicted octanol–water partition coefficient (Wildman–Crippen LogP) is 5.96. The lowest BCUT2D eigenvalue weighted by atomic mass is 10.1. The number of aromatic nitrogens is 1. The van der Waals surface area contributed by atoms with Crippen molar-refractivity contribution in [2.45, 2.75) is 20.3 Å². The molecule has 6 nitrogen and oxygen atoms in total. The van der Waals surface area contributed by atoms with Crippen LogP contribution in [0, 0.1) is 6.92 Å². The highest BCUT2D eigenvalue weighted by atomic mass is 79.9. The Labute approximate surface area is 198 Å². The molecule has 0 aliphatic rings. The van der Waals surface area contributed by atoms with Crippen LogP contribution in [-0.4, -0.2) is 21.1 Å². The van der Waals surface area contributed by atoms with E-state index in [0.717, 1.165) is 17.5 Å². The zero-order valence-corrected chi connectivity index (χ0v) is 19.8. The number of nitrogens with zero attached hydrogens (tertiary/aromatic N) is 1. The number of amides is 1. The van der Waals surface area contributed by atoms with E-state index in [-0.39, 0.29) is 16.8 Å². The van der Waals surface area contributed by atoms with Crippen LogP contribution in [-0.2, 0) is 6.42 Å². The number of aromatic hydroxyl groups is 1. The van der Waals surface area contributed by atoms with Gasteiger partial charge in [-0.1, -0.05) is 25.1 Å². The van der Waals surface area contributed by atoms with Crippen LogP contribution in [0.4, 0.5) is 5.69 Å².